The molecule has 0 spiro atoms. The molecule has 2 rings (SSSR count). The lowest BCUT2D eigenvalue weighted by atomic mass is 10.0. The number of aliphatic hydroxyl groups is 1. The van der Waals surface area contributed by atoms with E-state index in [9.17, 15) is 18.3 Å². The lowest BCUT2D eigenvalue weighted by Gasteiger charge is -2.36. The van der Waals surface area contributed by atoms with E-state index in [-0.39, 0.29) is 12.5 Å². The summed E-state index contributed by atoms with van der Waals surface area (Å²) in [6.07, 6.45) is -0.543. The Hall–Kier alpha value is -1.00. The molecule has 2 atom stereocenters. The lowest BCUT2D eigenvalue weighted by molar-refractivity contribution is 0.0368. The van der Waals surface area contributed by atoms with Gasteiger partial charge in [0.05, 0.1) is 17.0 Å². The van der Waals surface area contributed by atoms with Gasteiger partial charge in [-0.1, -0.05) is 0 Å². The molecule has 0 unspecified atom stereocenters. The minimum Gasteiger partial charge on any atom is -0.390 e. The van der Waals surface area contributed by atoms with Gasteiger partial charge in [-0.2, -0.15) is 17.4 Å². The van der Waals surface area contributed by atoms with Crippen LogP contribution in [-0.4, -0.2) is 68.0 Å². The number of rotatable bonds is 4. The van der Waals surface area contributed by atoms with Gasteiger partial charge in [0.2, 0.25) is 0 Å². The van der Waals surface area contributed by atoms with Gasteiger partial charge in [-0.3, -0.25) is 4.79 Å². The topological polar surface area (TPSA) is 90.0 Å². The molecule has 1 aliphatic heterocycles. The number of hydrogen-bond donors (Lipinski definition) is 2. The van der Waals surface area contributed by atoms with Crippen molar-refractivity contribution < 1.29 is 18.3 Å². The van der Waals surface area contributed by atoms with Crippen molar-refractivity contribution >= 4 is 27.5 Å². The fourth-order valence-corrected chi connectivity index (χ4v) is 3.96. The molecule has 1 fully saturated rings. The minimum absolute atomic E-state index is 0.119. The molecule has 0 aliphatic carbocycles. The molecular formula is C13H21N3O4S2. The summed E-state index contributed by atoms with van der Waals surface area (Å²) < 4.78 is 27.1. The Morgan fingerprint density at radius 2 is 2.14 bits per heavy atom. The molecule has 2 N–H and O–H groups in total. The predicted molar refractivity (Wildman–Crippen MR) is 85.1 cm³/mol. The molecule has 1 aromatic rings. The van der Waals surface area contributed by atoms with Crippen LogP contribution >= 0.6 is 11.3 Å². The third-order valence-electron chi connectivity index (χ3n) is 3.60. The standard InChI is InChI=1S/C13H21N3O4S2/c1-9-4-5-12(21-9)13(18)16-7-6-10(11(17)8-16)14-22(19,20)15(2)3/h4-5,10-11,14,17H,6-8H2,1-3H3/t10-,11-/m1/s1. The highest BCUT2D eigenvalue weighted by atomic mass is 32.2. The summed E-state index contributed by atoms with van der Waals surface area (Å²) in [7, 11) is -0.749. The SMILES string of the molecule is Cc1ccc(C(=O)N2CC[C@@H](NS(=O)(=O)N(C)C)[C@H](O)C2)s1. The van der Waals surface area contributed by atoms with Crippen LogP contribution in [0, 0.1) is 6.92 Å². The number of hydrogen-bond acceptors (Lipinski definition) is 5. The molecule has 1 amide bonds. The Bertz CT molecular complexity index is 641. The van der Waals surface area contributed by atoms with Crippen LogP contribution in [0.5, 0.6) is 0 Å². The molecule has 0 bridgehead atoms. The Morgan fingerprint density at radius 1 is 1.45 bits per heavy atom. The number of nitrogens with one attached hydrogen (secondary N) is 1. The number of aliphatic hydroxyl groups excluding tert-OH is 1. The summed E-state index contributed by atoms with van der Waals surface area (Å²) in [6, 6.07) is 3.07. The van der Waals surface area contributed by atoms with Crippen molar-refractivity contribution in [3.8, 4) is 0 Å². The Morgan fingerprint density at radius 3 is 2.64 bits per heavy atom. The Labute approximate surface area is 134 Å². The monoisotopic (exact) mass is 347 g/mol. The van der Waals surface area contributed by atoms with Crippen molar-refractivity contribution in [1.29, 1.82) is 0 Å². The quantitative estimate of drug-likeness (QED) is 0.804. The molecule has 0 aromatic carbocycles. The van der Waals surface area contributed by atoms with Gasteiger partial charge in [-0.05, 0) is 25.5 Å². The zero-order chi connectivity index (χ0) is 16.5. The van der Waals surface area contributed by atoms with Gasteiger partial charge in [0, 0.05) is 32.1 Å². The van der Waals surface area contributed by atoms with Crippen LogP contribution in [0.1, 0.15) is 21.0 Å². The zero-order valence-corrected chi connectivity index (χ0v) is 14.4. The number of carbonyl (C=O) groups is 1. The van der Waals surface area contributed by atoms with Gasteiger partial charge < -0.3 is 10.0 Å². The molecule has 1 saturated heterocycles. The van der Waals surface area contributed by atoms with Crippen molar-refractivity contribution in [3.05, 3.63) is 21.9 Å². The fourth-order valence-electron chi connectivity index (χ4n) is 2.26. The number of piperidine rings is 1. The molecule has 0 radical (unpaired) electrons. The molecule has 9 heteroatoms. The normalized spacial score (nSPS) is 23.0. The highest BCUT2D eigenvalue weighted by molar-refractivity contribution is 7.87. The van der Waals surface area contributed by atoms with Crippen LogP contribution in [0.25, 0.3) is 0 Å². The maximum atomic E-state index is 12.3. The van der Waals surface area contributed by atoms with Crippen molar-refractivity contribution in [2.75, 3.05) is 27.2 Å². The maximum Gasteiger partial charge on any atom is 0.279 e. The summed E-state index contributed by atoms with van der Waals surface area (Å²) in [5.74, 6) is -0.119. The van der Waals surface area contributed by atoms with E-state index in [1.165, 1.54) is 25.4 Å². The number of aryl methyl sites for hydroxylation is 1. The van der Waals surface area contributed by atoms with Crippen LogP contribution < -0.4 is 4.72 Å². The van der Waals surface area contributed by atoms with E-state index in [4.69, 9.17) is 0 Å². The maximum absolute atomic E-state index is 12.3. The first-order valence-corrected chi connectivity index (χ1v) is 9.20. The number of carbonyl (C=O) groups excluding carboxylic acids is 1. The number of amides is 1. The zero-order valence-electron chi connectivity index (χ0n) is 12.8. The third-order valence-corrected chi connectivity index (χ3v) is 6.15. The molecule has 22 heavy (non-hydrogen) atoms. The van der Waals surface area contributed by atoms with E-state index >= 15 is 0 Å². The van der Waals surface area contributed by atoms with Gasteiger partial charge in [0.25, 0.3) is 16.1 Å². The average Bonchev–Trinajstić information content (AvgIpc) is 2.86. The van der Waals surface area contributed by atoms with E-state index < -0.39 is 22.4 Å². The molecule has 7 nitrogen and oxygen atoms in total. The summed E-state index contributed by atoms with van der Waals surface area (Å²) in [4.78, 5) is 15.6. The molecule has 124 valence electrons. The Balaban J connectivity index is 1.99. The van der Waals surface area contributed by atoms with E-state index in [0.717, 1.165) is 9.18 Å². The molecule has 2 heterocycles. The molecule has 1 aromatic heterocycles. The average molecular weight is 347 g/mol. The second-order valence-electron chi connectivity index (χ2n) is 5.53. The summed E-state index contributed by atoms with van der Waals surface area (Å²) >= 11 is 1.41. The van der Waals surface area contributed by atoms with Crippen molar-refractivity contribution in [1.82, 2.24) is 13.9 Å². The largest absolute Gasteiger partial charge is 0.390 e. The van der Waals surface area contributed by atoms with Crippen molar-refractivity contribution in [3.63, 3.8) is 0 Å². The van der Waals surface area contributed by atoms with Crippen molar-refractivity contribution in [2.24, 2.45) is 0 Å². The second-order valence-corrected chi connectivity index (χ2v) is 8.73. The summed E-state index contributed by atoms with van der Waals surface area (Å²) in [6.45, 7) is 2.46. The first-order chi connectivity index (χ1) is 10.2. The molecule has 0 saturated carbocycles. The van der Waals surface area contributed by atoms with Gasteiger partial charge in [0.1, 0.15) is 0 Å². The first-order valence-electron chi connectivity index (χ1n) is 6.94. The molecule has 1 aliphatic rings. The number of thiophene rings is 1. The predicted octanol–water partition coefficient (Wildman–Crippen LogP) is 0.0279. The first kappa shape index (κ1) is 17.4. The molecular weight excluding hydrogens is 326 g/mol. The van der Waals surface area contributed by atoms with Gasteiger partial charge in [-0.15, -0.1) is 11.3 Å². The van der Waals surface area contributed by atoms with Crippen LogP contribution in [0.3, 0.4) is 0 Å². The van der Waals surface area contributed by atoms with Crippen LogP contribution in [0.15, 0.2) is 12.1 Å². The van der Waals surface area contributed by atoms with Crippen LogP contribution in [0.4, 0.5) is 0 Å². The van der Waals surface area contributed by atoms with E-state index in [1.807, 2.05) is 13.0 Å². The fraction of sp³-hybridized carbons (Fsp3) is 0.615. The number of likely N-dealkylation sites (tertiary alicyclic amines) is 1. The number of nitrogens with zero attached hydrogens (tertiary/aromatic N) is 2. The second kappa shape index (κ2) is 6.63. The van der Waals surface area contributed by atoms with Gasteiger partial charge in [-0.25, -0.2) is 0 Å². The minimum atomic E-state index is -3.60. The van der Waals surface area contributed by atoms with Crippen LogP contribution in [0.2, 0.25) is 0 Å². The van der Waals surface area contributed by atoms with Gasteiger partial charge in [0.15, 0.2) is 0 Å². The Kier molecular flexibility index (Phi) is 5.23. The van der Waals surface area contributed by atoms with Crippen LogP contribution in [-0.2, 0) is 10.2 Å². The third kappa shape index (κ3) is 3.85. The van der Waals surface area contributed by atoms with Gasteiger partial charge >= 0.3 is 0 Å². The highest BCUT2D eigenvalue weighted by Gasteiger charge is 2.33. The number of β-amino-alcohol motifs (C(OH)–C–C–N with tert-alkyl or cyclic N) is 1. The van der Waals surface area contributed by atoms with E-state index in [1.54, 1.807) is 11.0 Å². The summed E-state index contributed by atoms with van der Waals surface area (Å²) in [5.41, 5.74) is 0. The highest BCUT2D eigenvalue weighted by Crippen LogP contribution is 2.20. The smallest absolute Gasteiger partial charge is 0.279 e. The van der Waals surface area contributed by atoms with Crippen molar-refractivity contribution in [2.45, 2.75) is 25.5 Å². The van der Waals surface area contributed by atoms with E-state index in [2.05, 4.69) is 4.72 Å². The summed E-state index contributed by atoms with van der Waals surface area (Å²) in [5, 5.41) is 10.1. The van der Waals surface area contributed by atoms with E-state index in [0.29, 0.717) is 17.8 Å². The lowest BCUT2D eigenvalue weighted by Crippen LogP contribution is -2.56.